The van der Waals surface area contributed by atoms with Crippen LogP contribution in [0.2, 0.25) is 10.0 Å². The lowest BCUT2D eigenvalue weighted by Crippen LogP contribution is -2.40. The number of aromatic hydroxyl groups is 2. The molecule has 0 amide bonds. The number of hydrogen-bond donors (Lipinski definition) is 9. The zero-order chi connectivity index (χ0) is 46.6. The standard InChI is InChI=1S/C24H27ClN8O2.C21H21ClN8O2/c1-14(2)32-8-6-17(7-9-32)28-21-12-20(27-18-5-3-4-16(25)11-18)30-22-15(13-26-33(21)22)10-19-23(34)31-24(35)29-19;22-13-2-1-3-15(9-13)25-17-10-18(26-14-4-6-23-7-5-14)30-19(28-17)12(11-24-30)8-16-20(31)29-21(32)27-16/h3-5,10-14,17,27,34H,6-9H2,1-2H3,(H2,29,31,35);1-3,8-11,14,23,25,31H,4-7H2,(H2,27,29,32). The molecule has 0 spiro atoms. The summed E-state index contributed by atoms with van der Waals surface area (Å²) in [5, 5.41) is 41.3. The van der Waals surface area contributed by atoms with Crippen LogP contribution in [0, 0.1) is 0 Å². The van der Waals surface area contributed by atoms with Crippen molar-refractivity contribution in [3.8, 4) is 11.8 Å². The van der Waals surface area contributed by atoms with Crippen LogP contribution in [0.25, 0.3) is 23.4 Å². The monoisotopic (exact) mass is 946 g/mol. The third kappa shape index (κ3) is 10.7. The fourth-order valence-corrected chi connectivity index (χ4v) is 8.39. The molecule has 8 aromatic rings. The van der Waals surface area contributed by atoms with Gasteiger partial charge in [0.05, 0.1) is 24.5 Å². The van der Waals surface area contributed by atoms with E-state index in [-0.39, 0.29) is 35.2 Å². The van der Waals surface area contributed by atoms with Crippen molar-refractivity contribution < 1.29 is 10.2 Å². The maximum absolute atomic E-state index is 11.6. The van der Waals surface area contributed by atoms with Gasteiger partial charge in [-0.2, -0.15) is 19.2 Å². The first kappa shape index (κ1) is 44.9. The van der Waals surface area contributed by atoms with Crippen LogP contribution < -0.4 is 48.7 Å². The van der Waals surface area contributed by atoms with E-state index in [4.69, 9.17) is 43.2 Å². The molecule has 0 unspecified atom stereocenters. The van der Waals surface area contributed by atoms with Gasteiger partial charge in [0.2, 0.25) is 11.8 Å². The molecule has 2 aliphatic heterocycles. The van der Waals surface area contributed by atoms with E-state index in [1.54, 1.807) is 39.6 Å². The molecule has 2 aromatic carbocycles. The van der Waals surface area contributed by atoms with Crippen LogP contribution in [0.4, 0.5) is 23.0 Å². The van der Waals surface area contributed by atoms with Gasteiger partial charge in [-0.15, -0.1) is 0 Å². The van der Waals surface area contributed by atoms with Gasteiger partial charge in [0.1, 0.15) is 23.0 Å². The van der Waals surface area contributed by atoms with E-state index >= 15 is 0 Å². The molecule has 0 atom stereocenters. The highest BCUT2D eigenvalue weighted by Gasteiger charge is 2.21. The van der Waals surface area contributed by atoms with Gasteiger partial charge in [-0.1, -0.05) is 35.3 Å². The third-order valence-corrected chi connectivity index (χ3v) is 11.9. The minimum Gasteiger partial charge on any atom is -0.493 e. The second-order valence-corrected chi connectivity index (χ2v) is 17.4. The normalized spacial score (nSPS) is 16.4. The van der Waals surface area contributed by atoms with E-state index < -0.39 is 11.4 Å². The van der Waals surface area contributed by atoms with Gasteiger partial charge < -0.3 is 41.0 Å². The molecule has 0 radical (unpaired) electrons. The highest BCUT2D eigenvalue weighted by molar-refractivity contribution is 6.31. The number of aromatic nitrogens is 10. The van der Waals surface area contributed by atoms with Gasteiger partial charge in [-0.3, -0.25) is 20.0 Å². The Kier molecular flexibility index (Phi) is 13.2. The predicted octanol–water partition coefficient (Wildman–Crippen LogP) is 3.22. The average molecular weight is 948 g/mol. The number of imidazole rings is 2. The van der Waals surface area contributed by atoms with Gasteiger partial charge in [-0.05, 0) is 101 Å². The van der Waals surface area contributed by atoms with Crippen LogP contribution in [0.5, 0.6) is 11.8 Å². The third-order valence-electron chi connectivity index (χ3n) is 11.4. The molecule has 10 rings (SSSR count). The summed E-state index contributed by atoms with van der Waals surface area (Å²) < 4.78 is 3.35. The summed E-state index contributed by atoms with van der Waals surface area (Å²) >= 11 is 12.3. The SMILES string of the molecule is CC(C)N1CCC(N=c2cc(Nc3cccc(Cl)c3)nc3c(=Cc4[nH]c(=O)[nH]c4O)cnn23)CC1.O=c1[nH]c(O)c(C=c2cnn3c(=NC4CCNCC4)cc(Nc4cccc(Cl)c4)nc23)[nH]1. The average Bonchev–Trinajstić information content (AvgIpc) is 4.06. The van der Waals surface area contributed by atoms with Crippen molar-refractivity contribution in [1.29, 1.82) is 0 Å². The van der Waals surface area contributed by atoms with Crippen LogP contribution >= 0.6 is 23.2 Å². The first-order valence-electron chi connectivity index (χ1n) is 21.8. The van der Waals surface area contributed by atoms with Crippen LogP contribution in [0.15, 0.2) is 92.6 Å². The molecule has 20 nitrogen and oxygen atoms in total. The number of hydrogen-bond acceptors (Lipinski definition) is 14. The summed E-state index contributed by atoms with van der Waals surface area (Å²) in [6, 6.07) is 19.4. The number of fused-ring (bicyclic) bond motifs is 2. The summed E-state index contributed by atoms with van der Waals surface area (Å²) in [7, 11) is 0. The van der Waals surface area contributed by atoms with E-state index in [0.717, 1.165) is 63.2 Å². The van der Waals surface area contributed by atoms with Crippen LogP contribution in [0.3, 0.4) is 0 Å². The van der Waals surface area contributed by atoms with Crippen molar-refractivity contribution >= 4 is 69.7 Å². The maximum atomic E-state index is 11.6. The summed E-state index contributed by atoms with van der Waals surface area (Å²) in [4.78, 5) is 54.7. The Balaban J connectivity index is 0.000000169. The first-order valence-corrected chi connectivity index (χ1v) is 22.6. The van der Waals surface area contributed by atoms with Gasteiger partial charge in [-0.25, -0.2) is 19.6 Å². The Hall–Kier alpha value is -7.26. The molecule has 67 heavy (non-hydrogen) atoms. The molecule has 22 heteroatoms. The Labute approximate surface area is 390 Å². The molecule has 8 heterocycles. The highest BCUT2D eigenvalue weighted by Crippen LogP contribution is 2.21. The van der Waals surface area contributed by atoms with E-state index in [0.29, 0.717) is 60.4 Å². The predicted molar refractivity (Wildman–Crippen MR) is 256 cm³/mol. The summed E-state index contributed by atoms with van der Waals surface area (Å²) in [6.07, 6.45) is 10.3. The molecule has 0 bridgehead atoms. The smallest absolute Gasteiger partial charge is 0.326 e. The number of H-pyrrole nitrogens is 4. The summed E-state index contributed by atoms with van der Waals surface area (Å²) in [5.41, 5.74) is 3.50. The van der Waals surface area contributed by atoms with Crippen LogP contribution in [-0.2, 0) is 0 Å². The lowest BCUT2D eigenvalue weighted by molar-refractivity contribution is 0.172. The molecular weight excluding hydrogens is 900 g/mol. The molecular formula is C45H48Cl2N16O4. The lowest BCUT2D eigenvalue weighted by atomic mass is 10.0. The Morgan fingerprint density at radius 2 is 1.15 bits per heavy atom. The highest BCUT2D eigenvalue weighted by atomic mass is 35.5. The molecule has 0 saturated carbocycles. The quantitative estimate of drug-likeness (QED) is 0.101. The lowest BCUT2D eigenvalue weighted by Gasteiger charge is -2.32. The van der Waals surface area contributed by atoms with E-state index in [9.17, 15) is 19.8 Å². The van der Waals surface area contributed by atoms with Gasteiger partial charge >= 0.3 is 11.4 Å². The minimum absolute atomic E-state index is 0.177. The first-order chi connectivity index (χ1) is 32.4. The summed E-state index contributed by atoms with van der Waals surface area (Å²) in [5.74, 6) is 0.668. The molecule has 6 aromatic heterocycles. The van der Waals surface area contributed by atoms with Gasteiger partial charge in [0, 0.05) is 63.1 Å². The fraction of sp³-hybridized carbons (Fsp3) is 0.289. The van der Waals surface area contributed by atoms with Gasteiger partial charge in [0.25, 0.3) is 0 Å². The summed E-state index contributed by atoms with van der Waals surface area (Å²) in [6.45, 7) is 8.30. The maximum Gasteiger partial charge on any atom is 0.326 e. The van der Waals surface area contributed by atoms with E-state index in [1.165, 1.54) is 0 Å². The number of benzene rings is 2. The topological polar surface area (TPSA) is 262 Å². The van der Waals surface area contributed by atoms with Crippen LogP contribution in [-0.4, -0.2) is 109 Å². The Morgan fingerprint density at radius 1 is 0.687 bits per heavy atom. The molecule has 346 valence electrons. The number of aromatic amines is 4. The number of anilines is 4. The molecule has 9 N–H and O–H groups in total. The Morgan fingerprint density at radius 3 is 1.57 bits per heavy atom. The van der Waals surface area contributed by atoms with Crippen molar-refractivity contribution in [2.75, 3.05) is 36.8 Å². The zero-order valence-electron chi connectivity index (χ0n) is 36.5. The van der Waals surface area contributed by atoms with Crippen molar-refractivity contribution in [3.05, 3.63) is 137 Å². The van der Waals surface area contributed by atoms with E-state index in [1.807, 2.05) is 54.6 Å². The van der Waals surface area contributed by atoms with Gasteiger partial charge in [0.15, 0.2) is 22.3 Å². The molecule has 0 aliphatic carbocycles. The second kappa shape index (κ2) is 19.7. The van der Waals surface area contributed by atoms with E-state index in [2.05, 4.69) is 64.8 Å². The van der Waals surface area contributed by atoms with Crippen molar-refractivity contribution in [2.45, 2.75) is 57.7 Å². The number of piperidine rings is 2. The van der Waals surface area contributed by atoms with Crippen molar-refractivity contribution in [3.63, 3.8) is 0 Å². The number of nitrogens with zero attached hydrogens (tertiary/aromatic N) is 9. The number of nitrogens with one attached hydrogen (secondary N) is 7. The van der Waals surface area contributed by atoms with Crippen molar-refractivity contribution in [2.24, 2.45) is 9.98 Å². The molecule has 2 fully saturated rings. The number of halogens is 2. The van der Waals surface area contributed by atoms with Crippen LogP contribution in [0.1, 0.15) is 50.9 Å². The Bertz CT molecular complexity index is 3430. The van der Waals surface area contributed by atoms with Crippen molar-refractivity contribution in [1.82, 2.24) is 59.3 Å². The fourth-order valence-electron chi connectivity index (χ4n) is 8.01. The number of rotatable bonds is 9. The minimum atomic E-state index is -0.497. The number of likely N-dealkylation sites (tertiary alicyclic amines) is 1. The molecule has 2 saturated heterocycles. The molecule has 2 aliphatic rings. The second-order valence-electron chi connectivity index (χ2n) is 16.5. The zero-order valence-corrected chi connectivity index (χ0v) is 38.0. The largest absolute Gasteiger partial charge is 0.493 e.